The predicted molar refractivity (Wildman–Crippen MR) is 66.4 cm³/mol. The van der Waals surface area contributed by atoms with Gasteiger partial charge in [0.15, 0.2) is 5.03 Å². The third kappa shape index (κ3) is 2.57. The summed E-state index contributed by atoms with van der Waals surface area (Å²) in [6.07, 6.45) is 6.33. The summed E-state index contributed by atoms with van der Waals surface area (Å²) in [6, 6.07) is 0.0727. The standard InChI is InChI=1S/C11H19N3O3S/c1-13-8-11(12-9-13)18(16,17)14(6-3-7-15)10-4-2-5-10/h8-10,15H,2-7H2,1H3. The Kier molecular flexibility index (Phi) is 4.04. The molecule has 0 spiro atoms. The zero-order valence-electron chi connectivity index (χ0n) is 10.5. The van der Waals surface area contributed by atoms with Crippen LogP contribution in [0.4, 0.5) is 0 Å². The van der Waals surface area contributed by atoms with Crippen LogP contribution in [0.5, 0.6) is 0 Å². The second-order valence-electron chi connectivity index (χ2n) is 4.66. The zero-order valence-corrected chi connectivity index (χ0v) is 11.3. The molecule has 102 valence electrons. The van der Waals surface area contributed by atoms with Crippen molar-refractivity contribution in [3.8, 4) is 0 Å². The highest BCUT2D eigenvalue weighted by Crippen LogP contribution is 2.29. The smallest absolute Gasteiger partial charge is 0.262 e. The summed E-state index contributed by atoms with van der Waals surface area (Å²) in [7, 11) is -1.78. The van der Waals surface area contributed by atoms with Crippen LogP contribution in [0.1, 0.15) is 25.7 Å². The van der Waals surface area contributed by atoms with Gasteiger partial charge in [-0.2, -0.15) is 4.31 Å². The van der Waals surface area contributed by atoms with E-state index in [4.69, 9.17) is 5.11 Å². The van der Waals surface area contributed by atoms with Crippen molar-refractivity contribution < 1.29 is 13.5 Å². The van der Waals surface area contributed by atoms with Gasteiger partial charge in [0.2, 0.25) is 0 Å². The largest absolute Gasteiger partial charge is 0.396 e. The number of aliphatic hydroxyl groups excluding tert-OH is 1. The van der Waals surface area contributed by atoms with Crippen molar-refractivity contribution in [3.63, 3.8) is 0 Å². The molecule has 6 nitrogen and oxygen atoms in total. The normalized spacial score (nSPS) is 17.1. The van der Waals surface area contributed by atoms with E-state index in [1.807, 2.05) is 0 Å². The van der Waals surface area contributed by atoms with E-state index in [1.165, 1.54) is 16.8 Å². The lowest BCUT2D eigenvalue weighted by atomic mass is 9.93. The fraction of sp³-hybridized carbons (Fsp3) is 0.727. The molecule has 1 aromatic rings. The second kappa shape index (κ2) is 5.38. The van der Waals surface area contributed by atoms with Crippen molar-refractivity contribution in [1.29, 1.82) is 0 Å². The van der Waals surface area contributed by atoms with Crippen LogP contribution >= 0.6 is 0 Å². The summed E-state index contributed by atoms with van der Waals surface area (Å²) in [5, 5.41) is 8.98. The Morgan fingerprint density at radius 1 is 1.56 bits per heavy atom. The Hall–Kier alpha value is -0.920. The van der Waals surface area contributed by atoms with Crippen molar-refractivity contribution >= 4 is 10.0 Å². The third-order valence-corrected chi connectivity index (χ3v) is 5.11. The summed E-state index contributed by atoms with van der Waals surface area (Å²) in [5.41, 5.74) is 0. The molecule has 0 aliphatic heterocycles. The molecule has 1 N–H and O–H groups in total. The lowest BCUT2D eigenvalue weighted by Crippen LogP contribution is -2.44. The third-order valence-electron chi connectivity index (χ3n) is 3.27. The first-order valence-corrected chi connectivity index (χ1v) is 7.60. The van der Waals surface area contributed by atoms with Crippen LogP contribution < -0.4 is 0 Å². The monoisotopic (exact) mass is 273 g/mol. The number of imidazole rings is 1. The number of hydrogen-bond acceptors (Lipinski definition) is 4. The molecule has 0 bridgehead atoms. The first kappa shape index (κ1) is 13.5. The molecular formula is C11H19N3O3S. The quantitative estimate of drug-likeness (QED) is 0.811. The van der Waals surface area contributed by atoms with E-state index in [0.717, 1.165) is 19.3 Å². The second-order valence-corrected chi connectivity index (χ2v) is 6.49. The van der Waals surface area contributed by atoms with Gasteiger partial charge >= 0.3 is 0 Å². The van der Waals surface area contributed by atoms with E-state index in [0.29, 0.717) is 13.0 Å². The Bertz CT molecular complexity index is 493. The van der Waals surface area contributed by atoms with Crippen LogP contribution in [-0.2, 0) is 17.1 Å². The number of aryl methyl sites for hydroxylation is 1. The highest BCUT2D eigenvalue weighted by Gasteiger charge is 2.35. The van der Waals surface area contributed by atoms with Crippen LogP contribution in [0, 0.1) is 0 Å². The van der Waals surface area contributed by atoms with E-state index >= 15 is 0 Å². The molecule has 0 atom stereocenters. The molecule has 1 aliphatic carbocycles. The maximum Gasteiger partial charge on any atom is 0.262 e. The Morgan fingerprint density at radius 2 is 2.28 bits per heavy atom. The minimum atomic E-state index is -3.52. The molecule has 1 aromatic heterocycles. The van der Waals surface area contributed by atoms with E-state index < -0.39 is 10.0 Å². The summed E-state index contributed by atoms with van der Waals surface area (Å²) >= 11 is 0. The molecule has 1 fully saturated rings. The van der Waals surface area contributed by atoms with E-state index in [9.17, 15) is 8.42 Å². The molecule has 0 amide bonds. The Labute approximate surface area is 107 Å². The molecule has 18 heavy (non-hydrogen) atoms. The van der Waals surface area contributed by atoms with E-state index in [1.54, 1.807) is 11.6 Å². The topological polar surface area (TPSA) is 75.4 Å². The molecule has 0 saturated heterocycles. The molecule has 0 radical (unpaired) electrons. The number of rotatable bonds is 6. The van der Waals surface area contributed by atoms with Gasteiger partial charge in [0, 0.05) is 32.4 Å². The highest BCUT2D eigenvalue weighted by atomic mass is 32.2. The molecular weight excluding hydrogens is 254 g/mol. The van der Waals surface area contributed by atoms with Crippen LogP contribution in [0.15, 0.2) is 17.6 Å². The maximum absolute atomic E-state index is 12.5. The zero-order chi connectivity index (χ0) is 13.2. The predicted octanol–water partition coefficient (Wildman–Crippen LogP) is 0.346. The lowest BCUT2D eigenvalue weighted by molar-refractivity contribution is 0.198. The average molecular weight is 273 g/mol. The average Bonchev–Trinajstić information content (AvgIpc) is 2.68. The van der Waals surface area contributed by atoms with Gasteiger partial charge in [-0.05, 0) is 19.3 Å². The van der Waals surface area contributed by atoms with Crippen molar-refractivity contribution in [3.05, 3.63) is 12.5 Å². The van der Waals surface area contributed by atoms with Crippen LogP contribution in [-0.4, -0.2) is 46.6 Å². The fourth-order valence-corrected chi connectivity index (χ4v) is 3.74. The van der Waals surface area contributed by atoms with Gasteiger partial charge in [-0.1, -0.05) is 6.42 Å². The minimum absolute atomic E-state index is 0.000951. The molecule has 0 aromatic carbocycles. The fourth-order valence-electron chi connectivity index (χ4n) is 2.04. The number of nitrogens with zero attached hydrogens (tertiary/aromatic N) is 3. The van der Waals surface area contributed by atoms with Gasteiger partial charge in [-0.15, -0.1) is 0 Å². The SMILES string of the molecule is Cn1cnc(S(=O)(=O)N(CCCO)C2CCC2)c1. The van der Waals surface area contributed by atoms with Gasteiger partial charge in [0.1, 0.15) is 0 Å². The highest BCUT2D eigenvalue weighted by molar-refractivity contribution is 7.89. The van der Waals surface area contributed by atoms with Crippen LogP contribution in [0.3, 0.4) is 0 Å². The molecule has 1 aliphatic rings. The van der Waals surface area contributed by atoms with E-state index in [2.05, 4.69) is 4.98 Å². The number of sulfonamides is 1. The summed E-state index contributed by atoms with van der Waals surface area (Å²) in [5.74, 6) is 0. The maximum atomic E-state index is 12.5. The first-order chi connectivity index (χ1) is 8.55. The lowest BCUT2D eigenvalue weighted by Gasteiger charge is -2.35. The Balaban J connectivity index is 2.22. The van der Waals surface area contributed by atoms with Crippen LogP contribution in [0.25, 0.3) is 0 Å². The van der Waals surface area contributed by atoms with Crippen LogP contribution in [0.2, 0.25) is 0 Å². The number of aromatic nitrogens is 2. The van der Waals surface area contributed by atoms with Gasteiger partial charge in [0.05, 0.1) is 6.33 Å². The van der Waals surface area contributed by atoms with E-state index in [-0.39, 0.29) is 17.7 Å². The van der Waals surface area contributed by atoms with Gasteiger partial charge in [-0.25, -0.2) is 13.4 Å². The molecule has 0 unspecified atom stereocenters. The Morgan fingerprint density at radius 3 is 2.72 bits per heavy atom. The van der Waals surface area contributed by atoms with Crippen molar-refractivity contribution in [2.75, 3.05) is 13.2 Å². The molecule has 1 heterocycles. The van der Waals surface area contributed by atoms with Crippen molar-refractivity contribution in [2.45, 2.75) is 36.8 Å². The number of aliphatic hydroxyl groups is 1. The number of hydrogen-bond donors (Lipinski definition) is 1. The summed E-state index contributed by atoms with van der Waals surface area (Å²) < 4.78 is 28.0. The van der Waals surface area contributed by atoms with Gasteiger partial charge in [-0.3, -0.25) is 0 Å². The van der Waals surface area contributed by atoms with Crippen molar-refractivity contribution in [2.24, 2.45) is 7.05 Å². The first-order valence-electron chi connectivity index (χ1n) is 6.16. The van der Waals surface area contributed by atoms with Crippen molar-refractivity contribution in [1.82, 2.24) is 13.9 Å². The minimum Gasteiger partial charge on any atom is -0.396 e. The molecule has 7 heteroatoms. The summed E-state index contributed by atoms with van der Waals surface area (Å²) in [4.78, 5) is 3.93. The van der Waals surface area contributed by atoms with Gasteiger partial charge in [0.25, 0.3) is 10.0 Å². The van der Waals surface area contributed by atoms with Gasteiger partial charge < -0.3 is 9.67 Å². The molecule has 1 saturated carbocycles. The summed E-state index contributed by atoms with van der Waals surface area (Å²) in [6.45, 7) is 0.362. The molecule has 2 rings (SSSR count).